The molecule has 10 nitrogen and oxygen atoms in total. The van der Waals surface area contributed by atoms with Crippen molar-refractivity contribution in [2.75, 3.05) is 20.8 Å². The predicted octanol–water partition coefficient (Wildman–Crippen LogP) is 4.00. The van der Waals surface area contributed by atoms with Crippen LogP contribution in [0.15, 0.2) is 82.1 Å². The van der Waals surface area contributed by atoms with E-state index in [1.807, 2.05) is 6.07 Å². The fourth-order valence-electron chi connectivity index (χ4n) is 4.70. The summed E-state index contributed by atoms with van der Waals surface area (Å²) in [5.41, 5.74) is 0.721. The van der Waals surface area contributed by atoms with Gasteiger partial charge in [-0.15, -0.1) is 0 Å². The molecule has 0 spiro atoms. The SMILES string of the molecule is CCOC(=O)C1=C(c2ccccc2)N=c2s/c(=C\c3cc(OC)c(OC)cc3[N+](=O)[O-])c(=O)n2[C@H]1c1ccc(F)cc1. The molecule has 0 amide bonds. The predicted molar refractivity (Wildman–Crippen MR) is 154 cm³/mol. The van der Waals surface area contributed by atoms with Gasteiger partial charge in [0, 0.05) is 5.56 Å². The summed E-state index contributed by atoms with van der Waals surface area (Å²) in [5.74, 6) is -0.774. The van der Waals surface area contributed by atoms with Gasteiger partial charge in [0.05, 0.1) is 59.2 Å². The molecule has 0 aliphatic carbocycles. The molecule has 214 valence electrons. The number of ether oxygens (including phenoxy) is 3. The van der Waals surface area contributed by atoms with Crippen molar-refractivity contribution < 1.29 is 28.3 Å². The fourth-order valence-corrected chi connectivity index (χ4v) is 5.69. The normalized spacial score (nSPS) is 14.7. The Balaban J connectivity index is 1.84. The minimum atomic E-state index is -1.02. The van der Waals surface area contributed by atoms with Crippen LogP contribution < -0.4 is 24.4 Å². The molecule has 1 aliphatic rings. The number of nitro groups is 1. The first kappa shape index (κ1) is 28.4. The molecule has 12 heteroatoms. The first-order valence-electron chi connectivity index (χ1n) is 12.7. The third kappa shape index (κ3) is 5.19. The van der Waals surface area contributed by atoms with Crippen LogP contribution in [0.4, 0.5) is 10.1 Å². The highest BCUT2D eigenvalue weighted by Crippen LogP contribution is 2.36. The minimum absolute atomic E-state index is 0.0773. The van der Waals surface area contributed by atoms with E-state index in [1.165, 1.54) is 61.3 Å². The number of thiazole rings is 1. The number of hydrogen-bond donors (Lipinski definition) is 0. The summed E-state index contributed by atoms with van der Waals surface area (Å²) < 4.78 is 31.3. The van der Waals surface area contributed by atoms with Crippen LogP contribution in [0.5, 0.6) is 11.5 Å². The van der Waals surface area contributed by atoms with Crippen LogP contribution in [-0.2, 0) is 9.53 Å². The van der Waals surface area contributed by atoms with E-state index in [2.05, 4.69) is 0 Å². The number of carbonyl (C=O) groups excluding carboxylic acids is 1. The molecule has 42 heavy (non-hydrogen) atoms. The second-order valence-electron chi connectivity index (χ2n) is 9.01. The Bertz CT molecular complexity index is 1900. The first-order valence-corrected chi connectivity index (χ1v) is 13.5. The van der Waals surface area contributed by atoms with Gasteiger partial charge in [0.2, 0.25) is 0 Å². The molecule has 4 aromatic rings. The van der Waals surface area contributed by atoms with Crippen molar-refractivity contribution in [2.45, 2.75) is 13.0 Å². The Kier molecular flexibility index (Phi) is 7.98. The molecule has 0 radical (unpaired) electrons. The Morgan fingerprint density at radius 3 is 2.38 bits per heavy atom. The largest absolute Gasteiger partial charge is 0.493 e. The lowest BCUT2D eigenvalue weighted by atomic mass is 9.93. The highest BCUT2D eigenvalue weighted by Gasteiger charge is 2.35. The monoisotopic (exact) mass is 589 g/mol. The summed E-state index contributed by atoms with van der Waals surface area (Å²) in [6.45, 7) is 1.74. The van der Waals surface area contributed by atoms with Gasteiger partial charge in [-0.1, -0.05) is 53.8 Å². The topological polar surface area (TPSA) is 122 Å². The zero-order valence-electron chi connectivity index (χ0n) is 22.7. The molecule has 3 aromatic carbocycles. The van der Waals surface area contributed by atoms with Gasteiger partial charge in [-0.05, 0) is 36.8 Å². The number of fused-ring (bicyclic) bond motifs is 1. The molecule has 1 aliphatic heterocycles. The molecular weight excluding hydrogens is 565 g/mol. The molecule has 0 saturated carbocycles. The van der Waals surface area contributed by atoms with Gasteiger partial charge in [0.1, 0.15) is 5.82 Å². The van der Waals surface area contributed by atoms with E-state index in [-0.39, 0.29) is 44.3 Å². The maximum absolute atomic E-state index is 14.0. The van der Waals surface area contributed by atoms with Gasteiger partial charge in [-0.2, -0.15) is 0 Å². The average molecular weight is 590 g/mol. The van der Waals surface area contributed by atoms with E-state index in [0.717, 1.165) is 11.3 Å². The summed E-state index contributed by atoms with van der Waals surface area (Å²) in [6.07, 6.45) is 1.38. The average Bonchev–Trinajstić information content (AvgIpc) is 3.31. The summed E-state index contributed by atoms with van der Waals surface area (Å²) in [4.78, 5) is 43.8. The summed E-state index contributed by atoms with van der Waals surface area (Å²) >= 11 is 1.00. The highest BCUT2D eigenvalue weighted by molar-refractivity contribution is 7.07. The number of halogens is 1. The molecule has 2 heterocycles. The Hall–Kier alpha value is -5.10. The number of esters is 1. The number of nitrogens with zero attached hydrogens (tertiary/aromatic N) is 3. The van der Waals surface area contributed by atoms with Crippen LogP contribution in [0.25, 0.3) is 11.8 Å². The first-order chi connectivity index (χ1) is 20.3. The van der Waals surface area contributed by atoms with E-state index in [1.54, 1.807) is 31.2 Å². The molecule has 1 aromatic heterocycles. The lowest BCUT2D eigenvalue weighted by molar-refractivity contribution is -0.385. The van der Waals surface area contributed by atoms with Crippen LogP contribution in [0.3, 0.4) is 0 Å². The van der Waals surface area contributed by atoms with Crippen LogP contribution >= 0.6 is 11.3 Å². The van der Waals surface area contributed by atoms with E-state index < -0.39 is 28.3 Å². The minimum Gasteiger partial charge on any atom is -0.493 e. The van der Waals surface area contributed by atoms with Crippen molar-refractivity contribution in [3.05, 3.63) is 125 Å². The van der Waals surface area contributed by atoms with Crippen molar-refractivity contribution in [1.82, 2.24) is 4.57 Å². The lowest BCUT2D eigenvalue weighted by Crippen LogP contribution is -2.40. The van der Waals surface area contributed by atoms with Crippen LogP contribution in [-0.4, -0.2) is 36.3 Å². The quantitative estimate of drug-likeness (QED) is 0.173. The van der Waals surface area contributed by atoms with E-state index in [0.29, 0.717) is 16.8 Å². The standard InChI is InChI=1S/C30H24FN3O7S/c1-4-41-29(36)25-26(17-8-6-5-7-9-17)32-30-33(27(25)18-10-12-20(31)13-11-18)28(35)24(42-30)15-19-14-22(39-2)23(40-3)16-21(19)34(37)38/h5-16,27H,4H2,1-3H3/b24-15-/t27-/m0/s1. The molecule has 0 bridgehead atoms. The van der Waals surface area contributed by atoms with E-state index >= 15 is 0 Å². The van der Waals surface area contributed by atoms with Gasteiger partial charge >= 0.3 is 5.97 Å². The lowest BCUT2D eigenvalue weighted by Gasteiger charge is -2.25. The van der Waals surface area contributed by atoms with Gasteiger partial charge in [0.25, 0.3) is 11.2 Å². The molecule has 1 atom stereocenters. The number of nitro benzene ring substituents is 1. The third-order valence-electron chi connectivity index (χ3n) is 6.58. The highest BCUT2D eigenvalue weighted by atomic mass is 32.1. The number of aromatic nitrogens is 1. The maximum Gasteiger partial charge on any atom is 0.338 e. The van der Waals surface area contributed by atoms with E-state index in [4.69, 9.17) is 19.2 Å². The van der Waals surface area contributed by atoms with Gasteiger partial charge in [-0.25, -0.2) is 14.2 Å². The smallest absolute Gasteiger partial charge is 0.338 e. The van der Waals surface area contributed by atoms with Crippen LogP contribution in [0.2, 0.25) is 0 Å². The number of methoxy groups -OCH3 is 2. The molecule has 0 saturated heterocycles. The second kappa shape index (κ2) is 11.8. The number of benzene rings is 3. The number of hydrogen-bond acceptors (Lipinski definition) is 9. The van der Waals surface area contributed by atoms with Crippen LogP contribution in [0, 0.1) is 15.9 Å². The zero-order chi connectivity index (χ0) is 30.0. The molecule has 0 unspecified atom stereocenters. The van der Waals surface area contributed by atoms with Gasteiger partial charge in [-0.3, -0.25) is 19.5 Å². The fraction of sp³-hybridized carbons (Fsp3) is 0.167. The van der Waals surface area contributed by atoms with Crippen molar-refractivity contribution in [1.29, 1.82) is 0 Å². The van der Waals surface area contributed by atoms with E-state index in [9.17, 15) is 24.1 Å². The Morgan fingerprint density at radius 1 is 1.10 bits per heavy atom. The zero-order valence-corrected chi connectivity index (χ0v) is 23.5. The van der Waals surface area contributed by atoms with Crippen LogP contribution in [0.1, 0.15) is 29.7 Å². The van der Waals surface area contributed by atoms with Crippen molar-refractivity contribution >= 4 is 34.8 Å². The second-order valence-corrected chi connectivity index (χ2v) is 10.0. The van der Waals surface area contributed by atoms with Gasteiger partial charge < -0.3 is 14.2 Å². The van der Waals surface area contributed by atoms with Crippen molar-refractivity contribution in [2.24, 2.45) is 4.99 Å². The number of rotatable bonds is 8. The van der Waals surface area contributed by atoms with Crippen molar-refractivity contribution in [3.8, 4) is 11.5 Å². The summed E-state index contributed by atoms with van der Waals surface area (Å²) in [7, 11) is 2.76. The molecule has 0 N–H and O–H groups in total. The Labute approximate surface area is 242 Å². The molecule has 0 fully saturated rings. The maximum atomic E-state index is 14.0. The Morgan fingerprint density at radius 2 is 1.76 bits per heavy atom. The molecule has 5 rings (SSSR count). The van der Waals surface area contributed by atoms with Gasteiger partial charge in [0.15, 0.2) is 16.3 Å². The molecular formula is C30H24FN3O7S. The third-order valence-corrected chi connectivity index (χ3v) is 7.56. The number of carbonyl (C=O) groups is 1. The summed E-state index contributed by atoms with van der Waals surface area (Å²) in [5, 5.41) is 11.9. The summed E-state index contributed by atoms with van der Waals surface area (Å²) in [6, 6.07) is 16.0. The van der Waals surface area contributed by atoms with Crippen molar-refractivity contribution in [3.63, 3.8) is 0 Å².